The third-order valence-corrected chi connectivity index (χ3v) is 2.00. The molecule has 0 saturated heterocycles. The summed E-state index contributed by atoms with van der Waals surface area (Å²) >= 11 is 0. The minimum Gasteiger partial charge on any atom is -0.399 e. The molecule has 1 heterocycles. The normalized spacial score (nSPS) is 10.3. The molecule has 0 fully saturated rings. The van der Waals surface area contributed by atoms with Crippen LogP contribution in [0.4, 0.5) is 14.5 Å². The monoisotopic (exact) mass is 206 g/mol. The maximum Gasteiger partial charge on any atom is 0.135 e. The summed E-state index contributed by atoms with van der Waals surface area (Å²) in [7, 11) is 0. The van der Waals surface area contributed by atoms with Gasteiger partial charge in [-0.1, -0.05) is 6.07 Å². The van der Waals surface area contributed by atoms with Gasteiger partial charge in [0.1, 0.15) is 11.6 Å². The SMILES string of the molecule is Nc1ccnc(-c2c(F)cccc2F)c1. The van der Waals surface area contributed by atoms with Gasteiger partial charge in [-0.25, -0.2) is 8.78 Å². The summed E-state index contributed by atoms with van der Waals surface area (Å²) in [5, 5.41) is 0. The highest BCUT2D eigenvalue weighted by Crippen LogP contribution is 2.24. The zero-order valence-electron chi connectivity index (χ0n) is 7.74. The van der Waals surface area contributed by atoms with Gasteiger partial charge in [-0.15, -0.1) is 0 Å². The van der Waals surface area contributed by atoms with Crippen LogP contribution in [0.3, 0.4) is 0 Å². The number of hydrogen-bond acceptors (Lipinski definition) is 2. The smallest absolute Gasteiger partial charge is 0.135 e. The Labute approximate surface area is 85.4 Å². The molecule has 0 aliphatic heterocycles. The van der Waals surface area contributed by atoms with Gasteiger partial charge in [-0.3, -0.25) is 4.98 Å². The van der Waals surface area contributed by atoms with Gasteiger partial charge in [-0.2, -0.15) is 0 Å². The van der Waals surface area contributed by atoms with Gasteiger partial charge >= 0.3 is 0 Å². The molecule has 0 unspecified atom stereocenters. The summed E-state index contributed by atoms with van der Waals surface area (Å²) in [5.41, 5.74) is 5.98. The molecule has 0 aliphatic carbocycles. The van der Waals surface area contributed by atoms with E-state index in [0.29, 0.717) is 5.69 Å². The van der Waals surface area contributed by atoms with Gasteiger partial charge in [-0.05, 0) is 24.3 Å². The van der Waals surface area contributed by atoms with Crippen LogP contribution in [0.1, 0.15) is 0 Å². The van der Waals surface area contributed by atoms with E-state index in [-0.39, 0.29) is 11.3 Å². The fourth-order valence-electron chi connectivity index (χ4n) is 1.33. The number of nitrogen functional groups attached to an aromatic ring is 1. The summed E-state index contributed by atoms with van der Waals surface area (Å²) in [5.74, 6) is -1.29. The Bertz CT molecular complexity index is 477. The molecule has 0 radical (unpaired) electrons. The molecule has 2 nitrogen and oxygen atoms in total. The van der Waals surface area contributed by atoms with Crippen molar-refractivity contribution in [2.24, 2.45) is 0 Å². The first-order valence-corrected chi connectivity index (χ1v) is 4.34. The Kier molecular flexibility index (Phi) is 2.33. The molecular formula is C11H8F2N2. The molecule has 76 valence electrons. The first kappa shape index (κ1) is 9.58. The number of aromatic nitrogens is 1. The summed E-state index contributed by atoms with van der Waals surface area (Å²) in [4.78, 5) is 3.87. The van der Waals surface area contributed by atoms with Crippen molar-refractivity contribution in [1.82, 2.24) is 4.98 Å². The van der Waals surface area contributed by atoms with Crippen molar-refractivity contribution in [3.8, 4) is 11.3 Å². The second-order valence-corrected chi connectivity index (χ2v) is 3.07. The summed E-state index contributed by atoms with van der Waals surface area (Å²) in [6.45, 7) is 0. The molecule has 0 aliphatic rings. The lowest BCUT2D eigenvalue weighted by molar-refractivity contribution is 0.588. The first-order valence-electron chi connectivity index (χ1n) is 4.34. The quantitative estimate of drug-likeness (QED) is 0.778. The van der Waals surface area contributed by atoms with E-state index in [1.165, 1.54) is 30.5 Å². The van der Waals surface area contributed by atoms with Gasteiger partial charge < -0.3 is 5.73 Å². The highest BCUT2D eigenvalue weighted by Gasteiger charge is 2.11. The Morgan fingerprint density at radius 1 is 1.07 bits per heavy atom. The fourth-order valence-corrected chi connectivity index (χ4v) is 1.33. The second kappa shape index (κ2) is 3.65. The van der Waals surface area contributed by atoms with Gasteiger partial charge in [0.2, 0.25) is 0 Å². The van der Waals surface area contributed by atoms with Crippen LogP contribution in [0.2, 0.25) is 0 Å². The summed E-state index contributed by atoms with van der Waals surface area (Å²) in [6.07, 6.45) is 1.41. The van der Waals surface area contributed by atoms with Crippen LogP contribution in [-0.4, -0.2) is 4.98 Å². The van der Waals surface area contributed by atoms with Crippen molar-refractivity contribution >= 4 is 5.69 Å². The number of nitrogens with zero attached hydrogens (tertiary/aromatic N) is 1. The van der Waals surface area contributed by atoms with Crippen LogP contribution in [0, 0.1) is 11.6 Å². The van der Waals surface area contributed by atoms with Crippen molar-refractivity contribution in [2.75, 3.05) is 5.73 Å². The van der Waals surface area contributed by atoms with Gasteiger partial charge in [0.15, 0.2) is 0 Å². The van der Waals surface area contributed by atoms with E-state index < -0.39 is 11.6 Å². The number of nitrogens with two attached hydrogens (primary N) is 1. The predicted octanol–water partition coefficient (Wildman–Crippen LogP) is 2.61. The first-order chi connectivity index (χ1) is 7.18. The lowest BCUT2D eigenvalue weighted by atomic mass is 10.1. The Morgan fingerprint density at radius 3 is 2.33 bits per heavy atom. The minimum absolute atomic E-state index is 0.148. The van der Waals surface area contributed by atoms with Crippen LogP contribution in [-0.2, 0) is 0 Å². The third-order valence-electron chi connectivity index (χ3n) is 2.00. The van der Waals surface area contributed by atoms with Crippen LogP contribution in [0.5, 0.6) is 0 Å². The highest BCUT2D eigenvalue weighted by molar-refractivity contribution is 5.64. The van der Waals surface area contributed by atoms with Crippen LogP contribution in [0.25, 0.3) is 11.3 Å². The average molecular weight is 206 g/mol. The molecule has 1 aromatic heterocycles. The zero-order valence-corrected chi connectivity index (χ0v) is 7.74. The standard InChI is InChI=1S/C11H8F2N2/c12-8-2-1-3-9(13)11(8)10-6-7(14)4-5-15-10/h1-6H,(H2,14,15). The van der Waals surface area contributed by atoms with E-state index in [2.05, 4.69) is 4.98 Å². The van der Waals surface area contributed by atoms with Crippen molar-refractivity contribution in [3.63, 3.8) is 0 Å². The molecule has 2 rings (SSSR count). The number of anilines is 1. The topological polar surface area (TPSA) is 38.9 Å². The number of halogens is 2. The van der Waals surface area contributed by atoms with Crippen LogP contribution < -0.4 is 5.73 Å². The van der Waals surface area contributed by atoms with Crippen LogP contribution in [0.15, 0.2) is 36.5 Å². The van der Waals surface area contributed by atoms with Gasteiger partial charge in [0, 0.05) is 11.9 Å². The molecule has 1 aromatic carbocycles. The fraction of sp³-hybridized carbons (Fsp3) is 0. The maximum absolute atomic E-state index is 13.3. The summed E-state index contributed by atoms with van der Waals surface area (Å²) in [6, 6.07) is 6.66. The number of rotatable bonds is 1. The zero-order chi connectivity index (χ0) is 10.8. The minimum atomic E-state index is -0.645. The highest BCUT2D eigenvalue weighted by atomic mass is 19.1. The second-order valence-electron chi connectivity index (χ2n) is 3.07. The van der Waals surface area contributed by atoms with Crippen LogP contribution >= 0.6 is 0 Å². The van der Waals surface area contributed by atoms with Gasteiger partial charge in [0.05, 0.1) is 11.3 Å². The molecule has 0 atom stereocenters. The van der Waals surface area contributed by atoms with Crippen molar-refractivity contribution in [3.05, 3.63) is 48.2 Å². The molecule has 0 spiro atoms. The van der Waals surface area contributed by atoms with Gasteiger partial charge in [0.25, 0.3) is 0 Å². The largest absolute Gasteiger partial charge is 0.399 e. The molecule has 2 aromatic rings. The Morgan fingerprint density at radius 2 is 1.73 bits per heavy atom. The third kappa shape index (κ3) is 1.79. The van der Waals surface area contributed by atoms with Crippen molar-refractivity contribution < 1.29 is 8.78 Å². The Balaban J connectivity index is 2.63. The number of hydrogen-bond donors (Lipinski definition) is 1. The number of pyridine rings is 1. The predicted molar refractivity (Wildman–Crippen MR) is 54.0 cm³/mol. The number of benzene rings is 1. The average Bonchev–Trinajstić information content (AvgIpc) is 2.17. The lowest BCUT2D eigenvalue weighted by Gasteiger charge is -2.04. The van der Waals surface area contributed by atoms with E-state index >= 15 is 0 Å². The van der Waals surface area contributed by atoms with Crippen molar-refractivity contribution in [2.45, 2.75) is 0 Å². The summed E-state index contributed by atoms with van der Waals surface area (Å²) < 4.78 is 26.7. The maximum atomic E-state index is 13.3. The molecule has 15 heavy (non-hydrogen) atoms. The molecule has 2 N–H and O–H groups in total. The molecule has 0 bridgehead atoms. The molecular weight excluding hydrogens is 198 g/mol. The van der Waals surface area contributed by atoms with E-state index in [0.717, 1.165) is 0 Å². The van der Waals surface area contributed by atoms with E-state index in [1.807, 2.05) is 0 Å². The van der Waals surface area contributed by atoms with E-state index in [4.69, 9.17) is 5.73 Å². The van der Waals surface area contributed by atoms with E-state index in [9.17, 15) is 8.78 Å². The van der Waals surface area contributed by atoms with Crippen molar-refractivity contribution in [1.29, 1.82) is 0 Å². The molecule has 0 saturated carbocycles. The van der Waals surface area contributed by atoms with E-state index in [1.54, 1.807) is 6.07 Å². The lowest BCUT2D eigenvalue weighted by Crippen LogP contribution is -1.94. The Hall–Kier alpha value is -1.97. The molecule has 4 heteroatoms. The molecule has 0 amide bonds.